The standard InChI is InChI=1S/C4BrF7O/c5-2(1(6)13,3(7,8)9)4(10,11)12. The van der Waals surface area contributed by atoms with Crippen LogP contribution in [0.2, 0.25) is 0 Å². The molecule has 0 heterocycles. The summed E-state index contributed by atoms with van der Waals surface area (Å²) in [5.41, 5.74) is 0. The summed E-state index contributed by atoms with van der Waals surface area (Å²) in [4.78, 5) is 9.61. The van der Waals surface area contributed by atoms with Crippen LogP contribution in [0.1, 0.15) is 0 Å². The van der Waals surface area contributed by atoms with Crippen molar-refractivity contribution in [1.29, 1.82) is 0 Å². The Bertz CT molecular complexity index is 202. The predicted octanol–water partition coefficient (Wildman–Crippen LogP) is 2.74. The van der Waals surface area contributed by atoms with Gasteiger partial charge in [0.15, 0.2) is 0 Å². The van der Waals surface area contributed by atoms with Crippen LogP contribution < -0.4 is 0 Å². The molecule has 0 aliphatic rings. The molecule has 0 saturated carbocycles. The fourth-order valence-electron chi connectivity index (χ4n) is 0.384. The molecule has 0 aliphatic heterocycles. The average molecular weight is 277 g/mol. The number of hydrogen-bond acceptors (Lipinski definition) is 1. The molecule has 0 aromatic heterocycles. The summed E-state index contributed by atoms with van der Waals surface area (Å²) in [6.45, 7) is 0. The summed E-state index contributed by atoms with van der Waals surface area (Å²) >= 11 is 1.02. The number of halogens is 8. The van der Waals surface area contributed by atoms with E-state index in [1.807, 2.05) is 0 Å². The van der Waals surface area contributed by atoms with Crippen molar-refractivity contribution in [3.63, 3.8) is 0 Å². The van der Waals surface area contributed by atoms with Crippen LogP contribution in [0.3, 0.4) is 0 Å². The van der Waals surface area contributed by atoms with E-state index >= 15 is 0 Å². The normalized spacial score (nSPS) is 14.5. The monoisotopic (exact) mass is 276 g/mol. The molecule has 0 aromatic rings. The number of carbonyl (C=O) groups is 1. The quantitative estimate of drug-likeness (QED) is 0.409. The van der Waals surface area contributed by atoms with Gasteiger partial charge in [0.1, 0.15) is 0 Å². The Hall–Kier alpha value is -0.340. The average Bonchev–Trinajstić information content (AvgIpc) is 1.80. The van der Waals surface area contributed by atoms with Crippen LogP contribution in [0, 0.1) is 0 Å². The lowest BCUT2D eigenvalue weighted by Crippen LogP contribution is -2.56. The molecule has 0 saturated heterocycles. The zero-order valence-electron chi connectivity index (χ0n) is 5.43. The molecular formula is C4BrF7O. The number of rotatable bonds is 1. The first-order chi connectivity index (χ1) is 5.44. The Labute approximate surface area is 75.0 Å². The fourth-order valence-corrected chi connectivity index (χ4v) is 0.384. The first-order valence-electron chi connectivity index (χ1n) is 2.47. The van der Waals surface area contributed by atoms with Crippen molar-refractivity contribution >= 4 is 22.0 Å². The van der Waals surface area contributed by atoms with Gasteiger partial charge in [-0.1, -0.05) is 15.9 Å². The first-order valence-corrected chi connectivity index (χ1v) is 3.26. The number of carbonyl (C=O) groups excluding carboxylic acids is 1. The molecule has 0 N–H and O–H groups in total. The van der Waals surface area contributed by atoms with E-state index in [9.17, 15) is 35.5 Å². The van der Waals surface area contributed by atoms with Crippen molar-refractivity contribution in [2.24, 2.45) is 0 Å². The summed E-state index contributed by atoms with van der Waals surface area (Å²) in [6, 6.07) is -3.55. The second-order valence-electron chi connectivity index (χ2n) is 1.93. The molecule has 0 atom stereocenters. The lowest BCUT2D eigenvalue weighted by molar-refractivity contribution is -0.257. The Kier molecular flexibility index (Phi) is 3.02. The van der Waals surface area contributed by atoms with E-state index in [4.69, 9.17) is 0 Å². The largest absolute Gasteiger partial charge is 0.422 e. The minimum absolute atomic E-state index is 1.02. The highest BCUT2D eigenvalue weighted by atomic mass is 79.9. The molecule has 0 aromatic carbocycles. The summed E-state index contributed by atoms with van der Waals surface area (Å²) in [5.74, 6) is 0. The van der Waals surface area contributed by atoms with Crippen molar-refractivity contribution in [2.75, 3.05) is 0 Å². The molecule has 0 spiro atoms. The van der Waals surface area contributed by atoms with E-state index in [-0.39, 0.29) is 0 Å². The minimum Gasteiger partial charge on any atom is -0.259 e. The van der Waals surface area contributed by atoms with Gasteiger partial charge >= 0.3 is 22.7 Å². The van der Waals surface area contributed by atoms with Crippen LogP contribution in [-0.2, 0) is 4.79 Å². The maximum Gasteiger partial charge on any atom is 0.422 e. The van der Waals surface area contributed by atoms with Crippen LogP contribution in [0.4, 0.5) is 30.7 Å². The zero-order valence-corrected chi connectivity index (χ0v) is 7.02. The smallest absolute Gasteiger partial charge is 0.259 e. The predicted molar refractivity (Wildman–Crippen MR) is 29.9 cm³/mol. The van der Waals surface area contributed by atoms with Crippen LogP contribution in [-0.4, -0.2) is 22.7 Å². The van der Waals surface area contributed by atoms with E-state index in [2.05, 4.69) is 0 Å². The Morgan fingerprint density at radius 2 is 1.15 bits per heavy atom. The van der Waals surface area contributed by atoms with Crippen molar-refractivity contribution in [3.05, 3.63) is 0 Å². The van der Waals surface area contributed by atoms with Crippen molar-refractivity contribution < 1.29 is 35.5 Å². The van der Waals surface area contributed by atoms with E-state index in [1.165, 1.54) is 0 Å². The Morgan fingerprint density at radius 3 is 1.15 bits per heavy atom. The maximum absolute atomic E-state index is 11.6. The van der Waals surface area contributed by atoms with Crippen molar-refractivity contribution in [2.45, 2.75) is 16.7 Å². The van der Waals surface area contributed by atoms with Gasteiger partial charge in [-0.2, -0.15) is 30.7 Å². The van der Waals surface area contributed by atoms with Gasteiger partial charge < -0.3 is 0 Å². The first kappa shape index (κ1) is 12.7. The molecule has 9 heteroatoms. The molecule has 0 amide bonds. The third kappa shape index (κ3) is 1.94. The molecule has 13 heavy (non-hydrogen) atoms. The molecule has 0 fully saturated rings. The molecule has 0 radical (unpaired) electrons. The van der Waals surface area contributed by atoms with Gasteiger partial charge in [-0.25, -0.2) is 0 Å². The maximum atomic E-state index is 11.6. The van der Waals surface area contributed by atoms with Gasteiger partial charge in [-0.05, 0) is 0 Å². The van der Waals surface area contributed by atoms with E-state index in [1.54, 1.807) is 0 Å². The summed E-state index contributed by atoms with van der Waals surface area (Å²) in [5, 5.41) is 0. The molecule has 0 unspecified atom stereocenters. The highest BCUT2D eigenvalue weighted by Crippen LogP contribution is 2.50. The van der Waals surface area contributed by atoms with Gasteiger partial charge in [0.25, 0.3) is 0 Å². The highest BCUT2D eigenvalue weighted by molar-refractivity contribution is 9.10. The molecule has 78 valence electrons. The molecule has 0 aliphatic carbocycles. The number of alkyl halides is 7. The molecule has 0 rings (SSSR count). The SMILES string of the molecule is O=C(F)C(Br)(C(F)(F)F)C(F)(F)F. The lowest BCUT2D eigenvalue weighted by Gasteiger charge is -2.27. The summed E-state index contributed by atoms with van der Waals surface area (Å²) in [6.07, 6.45) is -12.1. The van der Waals surface area contributed by atoms with Crippen LogP contribution >= 0.6 is 15.9 Å². The second-order valence-corrected chi connectivity index (χ2v) is 3.12. The molecule has 0 bridgehead atoms. The van der Waals surface area contributed by atoms with Crippen molar-refractivity contribution in [1.82, 2.24) is 0 Å². The minimum atomic E-state index is -6.07. The van der Waals surface area contributed by atoms with Crippen LogP contribution in [0.15, 0.2) is 0 Å². The van der Waals surface area contributed by atoms with E-state index < -0.39 is 22.7 Å². The van der Waals surface area contributed by atoms with Crippen LogP contribution in [0.5, 0.6) is 0 Å². The van der Waals surface area contributed by atoms with E-state index in [0.29, 0.717) is 0 Å². The molecule has 1 nitrogen and oxygen atoms in total. The highest BCUT2D eigenvalue weighted by Gasteiger charge is 2.75. The van der Waals surface area contributed by atoms with Gasteiger partial charge in [-0.3, -0.25) is 4.79 Å². The topological polar surface area (TPSA) is 17.1 Å². The third-order valence-electron chi connectivity index (χ3n) is 1.05. The van der Waals surface area contributed by atoms with E-state index in [0.717, 1.165) is 15.9 Å². The van der Waals surface area contributed by atoms with Gasteiger partial charge in [-0.15, -0.1) is 0 Å². The Balaban J connectivity index is 5.35. The third-order valence-corrected chi connectivity index (χ3v) is 2.26. The summed E-state index contributed by atoms with van der Waals surface area (Å²) < 4.78 is 76.2. The van der Waals surface area contributed by atoms with Gasteiger partial charge in [0.2, 0.25) is 0 Å². The lowest BCUT2D eigenvalue weighted by atomic mass is 10.1. The zero-order chi connectivity index (χ0) is 11.1. The van der Waals surface area contributed by atoms with Gasteiger partial charge in [0.05, 0.1) is 0 Å². The van der Waals surface area contributed by atoms with Crippen molar-refractivity contribution in [3.8, 4) is 0 Å². The number of hydrogen-bond donors (Lipinski definition) is 0. The molecular weight excluding hydrogens is 277 g/mol. The fraction of sp³-hybridized carbons (Fsp3) is 0.750. The van der Waals surface area contributed by atoms with Crippen LogP contribution in [0.25, 0.3) is 0 Å². The Morgan fingerprint density at radius 1 is 0.923 bits per heavy atom. The summed E-state index contributed by atoms with van der Waals surface area (Å²) in [7, 11) is 0. The second kappa shape index (κ2) is 3.10. The van der Waals surface area contributed by atoms with Gasteiger partial charge in [0, 0.05) is 0 Å².